The number of nitrogens with zero attached hydrogens (tertiary/aromatic N) is 3. The van der Waals surface area contributed by atoms with Crippen molar-refractivity contribution in [2.45, 2.75) is 0 Å². The second-order valence-corrected chi connectivity index (χ2v) is 14.6. The first-order chi connectivity index (χ1) is 28.3. The van der Waals surface area contributed by atoms with Gasteiger partial charge < -0.3 is 14.0 Å². The van der Waals surface area contributed by atoms with Crippen molar-refractivity contribution in [2.24, 2.45) is 0 Å². The highest BCUT2D eigenvalue weighted by atomic mass is 15.1. The maximum absolute atomic E-state index is 2.44. The molecule has 2 aromatic heterocycles. The van der Waals surface area contributed by atoms with Gasteiger partial charge in [-0.05, 0) is 101 Å². The fourth-order valence-corrected chi connectivity index (χ4v) is 8.80. The second kappa shape index (κ2) is 13.6. The summed E-state index contributed by atoms with van der Waals surface area (Å²) in [5.74, 6) is 0. The molecular formula is C54H37N3. The van der Waals surface area contributed by atoms with E-state index in [0.717, 1.165) is 34.0 Å². The minimum atomic E-state index is 1.07. The minimum Gasteiger partial charge on any atom is -0.310 e. The molecule has 0 atom stereocenters. The third-order valence-corrected chi connectivity index (χ3v) is 11.2. The van der Waals surface area contributed by atoms with Crippen LogP contribution >= 0.6 is 0 Å². The number of rotatable bonds is 7. The van der Waals surface area contributed by atoms with Crippen LogP contribution < -0.4 is 4.90 Å². The number of fused-ring (bicyclic) bond motifs is 6. The first kappa shape index (κ1) is 32.8. The van der Waals surface area contributed by atoms with Gasteiger partial charge in [0.15, 0.2) is 0 Å². The Kier molecular flexibility index (Phi) is 7.82. The SMILES string of the molecule is c1ccc(-c2cccc(N(c3ccccc3)c3cc(-c4cccc5c4c4ccccc4n5-c4ccccc4)cc(-n4c5ccccc5c5ccccc54)c3)c2)cc1. The third kappa shape index (κ3) is 5.51. The minimum absolute atomic E-state index is 1.07. The van der Waals surface area contributed by atoms with E-state index in [1.54, 1.807) is 0 Å². The number of benzene rings is 9. The smallest absolute Gasteiger partial charge is 0.0547 e. The van der Waals surface area contributed by atoms with Gasteiger partial charge in [0, 0.05) is 50.0 Å². The molecule has 268 valence electrons. The summed E-state index contributed by atoms with van der Waals surface area (Å²) in [5, 5.41) is 4.94. The van der Waals surface area contributed by atoms with Gasteiger partial charge in [0.2, 0.25) is 0 Å². The largest absolute Gasteiger partial charge is 0.310 e. The number of anilines is 3. The van der Waals surface area contributed by atoms with Crippen molar-refractivity contribution >= 4 is 60.7 Å². The van der Waals surface area contributed by atoms with Gasteiger partial charge in [-0.3, -0.25) is 0 Å². The van der Waals surface area contributed by atoms with Crippen molar-refractivity contribution in [3.8, 4) is 33.6 Å². The van der Waals surface area contributed by atoms with Crippen molar-refractivity contribution in [3.05, 3.63) is 224 Å². The summed E-state index contributed by atoms with van der Waals surface area (Å²) in [6.07, 6.45) is 0. The Morgan fingerprint density at radius 3 is 1.47 bits per heavy atom. The van der Waals surface area contributed by atoms with Gasteiger partial charge in [0.05, 0.1) is 22.1 Å². The highest BCUT2D eigenvalue weighted by Gasteiger charge is 2.21. The second-order valence-electron chi connectivity index (χ2n) is 14.6. The fourth-order valence-electron chi connectivity index (χ4n) is 8.80. The number of hydrogen-bond acceptors (Lipinski definition) is 1. The zero-order valence-electron chi connectivity index (χ0n) is 31.2. The van der Waals surface area contributed by atoms with E-state index in [0.29, 0.717) is 0 Å². The van der Waals surface area contributed by atoms with Gasteiger partial charge in [-0.2, -0.15) is 0 Å². The summed E-state index contributed by atoms with van der Waals surface area (Å²) in [6, 6.07) is 81.2. The van der Waals surface area contributed by atoms with Crippen LogP contribution in [0.15, 0.2) is 224 Å². The van der Waals surface area contributed by atoms with Crippen LogP contribution in [0.4, 0.5) is 17.1 Å². The fraction of sp³-hybridized carbons (Fsp3) is 0. The maximum atomic E-state index is 2.44. The van der Waals surface area contributed by atoms with Gasteiger partial charge in [-0.1, -0.05) is 146 Å². The standard InChI is InChI=1S/C54H37N3/c1-4-18-38(19-5-1)39-20-16-25-43(34-39)55(41-21-6-2-7-22-41)44-35-40(36-45(37-44)57-50-30-13-10-26-47(50)48-27-11-14-31-51(48)57)46-29-17-33-53-54(46)49-28-12-15-32-52(49)56(53)42-23-8-3-9-24-42/h1-37H. The molecule has 0 spiro atoms. The van der Waals surface area contributed by atoms with Crippen LogP contribution in [0.1, 0.15) is 0 Å². The van der Waals surface area contributed by atoms with Crippen LogP contribution in [0.2, 0.25) is 0 Å². The lowest BCUT2D eigenvalue weighted by Gasteiger charge is -2.27. The molecule has 11 aromatic rings. The molecule has 3 heteroatoms. The highest BCUT2D eigenvalue weighted by Crippen LogP contribution is 2.44. The Morgan fingerprint density at radius 2 is 0.772 bits per heavy atom. The van der Waals surface area contributed by atoms with Gasteiger partial charge in [-0.25, -0.2) is 0 Å². The number of hydrogen-bond donors (Lipinski definition) is 0. The molecular weight excluding hydrogens is 691 g/mol. The van der Waals surface area contributed by atoms with Crippen molar-refractivity contribution in [1.82, 2.24) is 9.13 Å². The molecule has 0 saturated carbocycles. The molecule has 0 aliphatic rings. The first-order valence-electron chi connectivity index (χ1n) is 19.5. The summed E-state index contributed by atoms with van der Waals surface area (Å²) in [4.78, 5) is 2.40. The van der Waals surface area contributed by atoms with E-state index < -0.39 is 0 Å². The molecule has 57 heavy (non-hydrogen) atoms. The molecule has 9 aromatic carbocycles. The summed E-state index contributed by atoms with van der Waals surface area (Å²) in [5.41, 5.74) is 14.9. The Morgan fingerprint density at radius 1 is 0.281 bits per heavy atom. The highest BCUT2D eigenvalue weighted by molar-refractivity contribution is 6.16. The van der Waals surface area contributed by atoms with E-state index >= 15 is 0 Å². The van der Waals surface area contributed by atoms with Gasteiger partial charge >= 0.3 is 0 Å². The van der Waals surface area contributed by atoms with Crippen LogP contribution in [0, 0.1) is 0 Å². The third-order valence-electron chi connectivity index (χ3n) is 11.2. The van der Waals surface area contributed by atoms with E-state index in [2.05, 4.69) is 238 Å². The van der Waals surface area contributed by atoms with Crippen LogP contribution in [-0.4, -0.2) is 9.13 Å². The molecule has 0 radical (unpaired) electrons. The van der Waals surface area contributed by atoms with Crippen molar-refractivity contribution in [1.29, 1.82) is 0 Å². The Bertz CT molecular complexity index is 3180. The van der Waals surface area contributed by atoms with Crippen LogP contribution in [-0.2, 0) is 0 Å². The monoisotopic (exact) mass is 727 g/mol. The zero-order valence-corrected chi connectivity index (χ0v) is 31.2. The topological polar surface area (TPSA) is 13.1 Å². The van der Waals surface area contributed by atoms with E-state index in [-0.39, 0.29) is 0 Å². The van der Waals surface area contributed by atoms with Crippen LogP contribution in [0.3, 0.4) is 0 Å². The number of aromatic nitrogens is 2. The molecule has 0 N–H and O–H groups in total. The Labute approximate surface area is 331 Å². The number of para-hydroxylation sites is 5. The molecule has 11 rings (SSSR count). The van der Waals surface area contributed by atoms with E-state index in [4.69, 9.17) is 0 Å². The summed E-state index contributed by atoms with van der Waals surface area (Å²) >= 11 is 0. The molecule has 0 amide bonds. The van der Waals surface area contributed by atoms with Crippen LogP contribution in [0.5, 0.6) is 0 Å². The maximum Gasteiger partial charge on any atom is 0.0547 e. The quantitative estimate of drug-likeness (QED) is 0.159. The molecule has 0 unspecified atom stereocenters. The molecule has 0 bridgehead atoms. The van der Waals surface area contributed by atoms with Crippen LogP contribution in [0.25, 0.3) is 77.2 Å². The van der Waals surface area contributed by atoms with E-state index in [9.17, 15) is 0 Å². The molecule has 3 nitrogen and oxygen atoms in total. The zero-order chi connectivity index (χ0) is 37.7. The van der Waals surface area contributed by atoms with Crippen molar-refractivity contribution in [2.75, 3.05) is 4.90 Å². The summed E-state index contributed by atoms with van der Waals surface area (Å²) in [6.45, 7) is 0. The summed E-state index contributed by atoms with van der Waals surface area (Å²) < 4.78 is 4.84. The molecule has 0 fully saturated rings. The molecule has 0 aliphatic heterocycles. The molecule has 0 saturated heterocycles. The van der Waals surface area contributed by atoms with Crippen molar-refractivity contribution in [3.63, 3.8) is 0 Å². The predicted molar refractivity (Wildman–Crippen MR) is 241 cm³/mol. The van der Waals surface area contributed by atoms with E-state index in [1.807, 2.05) is 0 Å². The van der Waals surface area contributed by atoms with Gasteiger partial charge in [0.25, 0.3) is 0 Å². The lowest BCUT2D eigenvalue weighted by atomic mass is 9.97. The average molecular weight is 728 g/mol. The lowest BCUT2D eigenvalue weighted by molar-refractivity contribution is 1.17. The average Bonchev–Trinajstić information content (AvgIpc) is 3.81. The molecule has 2 heterocycles. The van der Waals surface area contributed by atoms with Gasteiger partial charge in [-0.15, -0.1) is 0 Å². The Balaban J connectivity index is 1.23. The summed E-state index contributed by atoms with van der Waals surface area (Å²) in [7, 11) is 0. The first-order valence-corrected chi connectivity index (χ1v) is 19.5. The van der Waals surface area contributed by atoms with Crippen molar-refractivity contribution < 1.29 is 0 Å². The van der Waals surface area contributed by atoms with E-state index in [1.165, 1.54) is 60.3 Å². The normalized spacial score (nSPS) is 11.5. The Hall–Kier alpha value is -7.62. The predicted octanol–water partition coefficient (Wildman–Crippen LogP) is 14.7. The lowest BCUT2D eigenvalue weighted by Crippen LogP contribution is -2.11. The molecule has 0 aliphatic carbocycles. The van der Waals surface area contributed by atoms with Gasteiger partial charge in [0.1, 0.15) is 0 Å².